The van der Waals surface area contributed by atoms with E-state index in [-0.39, 0.29) is 30.0 Å². The Balaban J connectivity index is 1.21. The lowest BCUT2D eigenvalue weighted by molar-refractivity contribution is -0.159. The molecule has 1 spiro atoms. The minimum absolute atomic E-state index is 0.0843. The molecule has 3 heterocycles. The molecule has 1 amide bonds. The van der Waals surface area contributed by atoms with Crippen LogP contribution in [0.25, 0.3) is 11.3 Å². The van der Waals surface area contributed by atoms with Gasteiger partial charge in [-0.3, -0.25) is 9.69 Å². The van der Waals surface area contributed by atoms with E-state index in [1.807, 2.05) is 25.1 Å². The second-order valence-corrected chi connectivity index (χ2v) is 10.5. The number of likely N-dealkylation sites (tertiary alicyclic amines) is 1. The van der Waals surface area contributed by atoms with E-state index in [1.165, 1.54) is 23.5 Å². The van der Waals surface area contributed by atoms with Crippen LogP contribution in [-0.4, -0.2) is 53.7 Å². The molecule has 2 aromatic carbocycles. The first-order chi connectivity index (χ1) is 17.0. The number of thiazole rings is 1. The SMILES string of the molecule is Cc1sc(NC(=O)CN2CC[C@@]3(CCCO3)[C@@H](OCc3ccccc3)C2)nc1-c1ccc(F)cc1. The predicted molar refractivity (Wildman–Crippen MR) is 135 cm³/mol. The van der Waals surface area contributed by atoms with Crippen LogP contribution in [0.1, 0.15) is 29.7 Å². The molecule has 35 heavy (non-hydrogen) atoms. The third-order valence-corrected chi connectivity index (χ3v) is 7.70. The van der Waals surface area contributed by atoms with Crippen LogP contribution in [-0.2, 0) is 20.9 Å². The third kappa shape index (κ3) is 5.62. The van der Waals surface area contributed by atoms with Crippen LogP contribution < -0.4 is 5.32 Å². The monoisotopic (exact) mass is 495 g/mol. The molecule has 2 atom stereocenters. The van der Waals surface area contributed by atoms with Crippen molar-refractivity contribution < 1.29 is 18.7 Å². The molecule has 2 aliphatic rings. The molecular formula is C27H30FN3O3S. The Kier molecular flexibility index (Phi) is 7.24. The van der Waals surface area contributed by atoms with E-state index in [9.17, 15) is 9.18 Å². The molecule has 2 saturated heterocycles. The fourth-order valence-corrected chi connectivity index (χ4v) is 5.83. The molecule has 1 N–H and O–H groups in total. The lowest BCUT2D eigenvalue weighted by atomic mass is 9.85. The molecule has 2 fully saturated rings. The molecule has 0 aliphatic carbocycles. The summed E-state index contributed by atoms with van der Waals surface area (Å²) in [4.78, 5) is 20.6. The topological polar surface area (TPSA) is 63.7 Å². The van der Waals surface area contributed by atoms with Gasteiger partial charge >= 0.3 is 0 Å². The van der Waals surface area contributed by atoms with Gasteiger partial charge in [-0.15, -0.1) is 11.3 Å². The summed E-state index contributed by atoms with van der Waals surface area (Å²) in [5, 5.41) is 3.50. The Bertz CT molecular complexity index is 1150. The molecule has 0 bridgehead atoms. The Labute approximate surface area is 209 Å². The number of piperidine rings is 1. The summed E-state index contributed by atoms with van der Waals surface area (Å²) in [5.74, 6) is -0.387. The van der Waals surface area contributed by atoms with Crippen molar-refractivity contribution in [1.82, 2.24) is 9.88 Å². The van der Waals surface area contributed by atoms with Crippen molar-refractivity contribution in [2.24, 2.45) is 0 Å². The number of aromatic nitrogens is 1. The summed E-state index contributed by atoms with van der Waals surface area (Å²) >= 11 is 1.43. The summed E-state index contributed by atoms with van der Waals surface area (Å²) < 4.78 is 25.9. The highest BCUT2D eigenvalue weighted by molar-refractivity contribution is 7.16. The van der Waals surface area contributed by atoms with Crippen LogP contribution in [0.15, 0.2) is 54.6 Å². The second-order valence-electron chi connectivity index (χ2n) is 9.27. The summed E-state index contributed by atoms with van der Waals surface area (Å²) in [5.41, 5.74) is 2.47. The van der Waals surface area contributed by atoms with Crippen molar-refractivity contribution in [2.75, 3.05) is 31.6 Å². The van der Waals surface area contributed by atoms with Crippen molar-refractivity contribution in [3.8, 4) is 11.3 Å². The lowest BCUT2D eigenvalue weighted by Crippen LogP contribution is -2.57. The van der Waals surface area contributed by atoms with Gasteiger partial charge in [-0.1, -0.05) is 30.3 Å². The number of halogens is 1. The molecular weight excluding hydrogens is 465 g/mol. The highest BCUT2D eigenvalue weighted by atomic mass is 32.1. The van der Waals surface area contributed by atoms with Gasteiger partial charge in [-0.25, -0.2) is 9.37 Å². The third-order valence-electron chi connectivity index (χ3n) is 6.82. The lowest BCUT2D eigenvalue weighted by Gasteiger charge is -2.44. The number of ether oxygens (including phenoxy) is 2. The average Bonchev–Trinajstić information content (AvgIpc) is 3.47. The van der Waals surface area contributed by atoms with E-state index in [4.69, 9.17) is 9.47 Å². The Morgan fingerprint density at radius 3 is 2.77 bits per heavy atom. The van der Waals surface area contributed by atoms with Crippen molar-refractivity contribution in [3.63, 3.8) is 0 Å². The van der Waals surface area contributed by atoms with E-state index < -0.39 is 0 Å². The van der Waals surface area contributed by atoms with Crippen molar-refractivity contribution in [1.29, 1.82) is 0 Å². The molecule has 2 aliphatic heterocycles. The van der Waals surface area contributed by atoms with Gasteiger partial charge in [0, 0.05) is 30.1 Å². The molecule has 0 saturated carbocycles. The highest BCUT2D eigenvalue weighted by Crippen LogP contribution is 2.38. The van der Waals surface area contributed by atoms with Crippen LogP contribution in [0, 0.1) is 12.7 Å². The summed E-state index contributed by atoms with van der Waals surface area (Å²) in [6.45, 7) is 4.96. The number of nitrogens with zero attached hydrogens (tertiary/aromatic N) is 2. The van der Waals surface area contributed by atoms with E-state index in [1.54, 1.807) is 12.1 Å². The van der Waals surface area contributed by atoms with Gasteiger partial charge in [-0.2, -0.15) is 0 Å². The quantitative estimate of drug-likeness (QED) is 0.498. The zero-order chi connectivity index (χ0) is 24.3. The predicted octanol–water partition coefficient (Wildman–Crippen LogP) is 5.04. The van der Waals surface area contributed by atoms with E-state index >= 15 is 0 Å². The summed E-state index contributed by atoms with van der Waals surface area (Å²) in [7, 11) is 0. The Morgan fingerprint density at radius 2 is 2.03 bits per heavy atom. The number of hydrogen-bond donors (Lipinski definition) is 1. The van der Waals surface area contributed by atoms with E-state index in [0.29, 0.717) is 18.3 Å². The molecule has 3 aromatic rings. The fraction of sp³-hybridized carbons (Fsp3) is 0.407. The number of benzene rings is 2. The zero-order valence-corrected chi connectivity index (χ0v) is 20.7. The number of carbonyl (C=O) groups excluding carboxylic acids is 1. The molecule has 1 aromatic heterocycles. The van der Waals surface area contributed by atoms with Crippen LogP contribution >= 0.6 is 11.3 Å². The largest absolute Gasteiger partial charge is 0.372 e. The first kappa shape index (κ1) is 24.1. The average molecular weight is 496 g/mol. The number of aryl methyl sites for hydroxylation is 1. The van der Waals surface area contributed by atoms with Crippen LogP contribution in [0.5, 0.6) is 0 Å². The van der Waals surface area contributed by atoms with Gasteiger partial charge in [0.15, 0.2) is 5.13 Å². The maximum atomic E-state index is 13.3. The number of anilines is 1. The van der Waals surface area contributed by atoms with Gasteiger partial charge in [0.05, 0.1) is 30.6 Å². The number of nitrogens with one attached hydrogen (secondary N) is 1. The van der Waals surface area contributed by atoms with Crippen LogP contribution in [0.2, 0.25) is 0 Å². The zero-order valence-electron chi connectivity index (χ0n) is 19.8. The fourth-order valence-electron chi connectivity index (χ4n) is 4.98. The second kappa shape index (κ2) is 10.5. The summed E-state index contributed by atoms with van der Waals surface area (Å²) in [6, 6.07) is 16.4. The maximum Gasteiger partial charge on any atom is 0.240 e. The molecule has 0 unspecified atom stereocenters. The number of hydrogen-bond acceptors (Lipinski definition) is 6. The van der Waals surface area contributed by atoms with E-state index in [2.05, 4.69) is 27.3 Å². The summed E-state index contributed by atoms with van der Waals surface area (Å²) in [6.07, 6.45) is 2.81. The molecule has 5 rings (SSSR count). The standard InChI is InChI=1S/C27H30FN3O3S/c1-19-25(21-8-10-22(28)11-9-21)30-26(35-19)29-24(32)17-31-14-13-27(12-5-15-34-27)23(16-31)33-18-20-6-3-2-4-7-20/h2-4,6-11,23H,5,12-18H2,1H3,(H,29,30,32)/t23-,27-/m0/s1. The number of amides is 1. The number of carbonyl (C=O) groups is 1. The highest BCUT2D eigenvalue weighted by Gasteiger charge is 2.47. The maximum absolute atomic E-state index is 13.3. The van der Waals surface area contributed by atoms with Gasteiger partial charge in [0.25, 0.3) is 0 Å². The first-order valence-corrected chi connectivity index (χ1v) is 12.9. The molecule has 184 valence electrons. The van der Waals surface area contributed by atoms with Crippen LogP contribution in [0.3, 0.4) is 0 Å². The van der Waals surface area contributed by atoms with Gasteiger partial charge in [-0.05, 0) is 56.0 Å². The van der Waals surface area contributed by atoms with Crippen molar-refractivity contribution in [2.45, 2.75) is 44.5 Å². The van der Waals surface area contributed by atoms with Crippen molar-refractivity contribution in [3.05, 3.63) is 70.9 Å². The molecule has 8 heteroatoms. The minimum Gasteiger partial charge on any atom is -0.372 e. The van der Waals surface area contributed by atoms with Gasteiger partial charge in [0.1, 0.15) is 5.82 Å². The smallest absolute Gasteiger partial charge is 0.240 e. The Hall–Kier alpha value is -2.65. The first-order valence-electron chi connectivity index (χ1n) is 12.1. The number of rotatable bonds is 7. The van der Waals surface area contributed by atoms with Gasteiger partial charge in [0.2, 0.25) is 5.91 Å². The van der Waals surface area contributed by atoms with Gasteiger partial charge < -0.3 is 14.8 Å². The normalized spacial score (nSPS) is 22.5. The molecule has 0 radical (unpaired) electrons. The Morgan fingerprint density at radius 1 is 1.23 bits per heavy atom. The van der Waals surface area contributed by atoms with E-state index in [0.717, 1.165) is 54.1 Å². The molecule has 6 nitrogen and oxygen atoms in total. The van der Waals surface area contributed by atoms with Crippen molar-refractivity contribution >= 4 is 22.4 Å². The minimum atomic E-state index is -0.285. The van der Waals surface area contributed by atoms with Crippen LogP contribution in [0.4, 0.5) is 9.52 Å².